The number of rotatable bonds is 3. The smallest absolute Gasteiger partial charge is 0.308 e. The number of carbonyl (C=O) groups is 2. The number of hydrogen-bond donors (Lipinski definition) is 1. The highest BCUT2D eigenvalue weighted by Gasteiger charge is 2.17. The van der Waals surface area contributed by atoms with E-state index in [1.165, 1.54) is 19.1 Å². The van der Waals surface area contributed by atoms with E-state index in [9.17, 15) is 18.0 Å². The molecule has 98 valence electrons. The normalized spacial score (nSPS) is 10.8. The van der Waals surface area contributed by atoms with Crippen molar-refractivity contribution in [2.75, 3.05) is 6.26 Å². The van der Waals surface area contributed by atoms with Crippen LogP contribution in [-0.4, -0.2) is 26.6 Å². The van der Waals surface area contributed by atoms with E-state index in [4.69, 9.17) is 4.74 Å². The summed E-state index contributed by atoms with van der Waals surface area (Å²) in [6.45, 7) is 1.19. The molecule has 1 amide bonds. The number of ether oxygens (including phenoxy) is 1. The van der Waals surface area contributed by atoms with Gasteiger partial charge in [0.25, 0.3) is 5.91 Å². The lowest BCUT2D eigenvalue weighted by molar-refractivity contribution is -0.131. The van der Waals surface area contributed by atoms with E-state index in [0.717, 1.165) is 9.83 Å². The van der Waals surface area contributed by atoms with Gasteiger partial charge in [-0.2, -0.15) is 0 Å². The van der Waals surface area contributed by atoms with Crippen molar-refractivity contribution in [2.45, 2.75) is 6.92 Å². The standard InChI is InChI=1S/C10H10INO5S/c1-6(13)17-9-5-7(11)3-4-8(9)10(14)12-18(2,15)16/h3-5H,1-2H3,(H,12,14). The molecule has 0 spiro atoms. The molecule has 0 aliphatic carbocycles. The summed E-state index contributed by atoms with van der Waals surface area (Å²) in [4.78, 5) is 22.6. The van der Waals surface area contributed by atoms with Crippen LogP contribution in [0.4, 0.5) is 0 Å². The molecule has 0 unspecified atom stereocenters. The van der Waals surface area contributed by atoms with E-state index in [-0.39, 0.29) is 11.3 Å². The second-order valence-electron chi connectivity index (χ2n) is 3.44. The molecule has 0 bridgehead atoms. The predicted molar refractivity (Wildman–Crippen MR) is 72.8 cm³/mol. The van der Waals surface area contributed by atoms with Gasteiger partial charge in [-0.1, -0.05) is 0 Å². The lowest BCUT2D eigenvalue weighted by atomic mass is 10.2. The van der Waals surface area contributed by atoms with E-state index < -0.39 is 21.9 Å². The Balaban J connectivity index is 3.15. The Bertz CT molecular complexity index is 596. The fraction of sp³-hybridized carbons (Fsp3) is 0.200. The van der Waals surface area contributed by atoms with Crippen LogP contribution in [0.1, 0.15) is 17.3 Å². The summed E-state index contributed by atoms with van der Waals surface area (Å²) in [6, 6.07) is 4.46. The Morgan fingerprint density at radius 2 is 1.94 bits per heavy atom. The summed E-state index contributed by atoms with van der Waals surface area (Å²) in [7, 11) is -3.67. The molecule has 1 N–H and O–H groups in total. The summed E-state index contributed by atoms with van der Waals surface area (Å²) in [5, 5.41) is 0. The first-order valence-corrected chi connectivity index (χ1v) is 7.66. The lowest BCUT2D eigenvalue weighted by Gasteiger charge is -2.09. The third-order valence-corrected chi connectivity index (χ3v) is 2.95. The molecule has 18 heavy (non-hydrogen) atoms. The quantitative estimate of drug-likeness (QED) is 0.476. The molecule has 8 heteroatoms. The molecular weight excluding hydrogens is 373 g/mol. The van der Waals surface area contributed by atoms with Gasteiger partial charge in [0.15, 0.2) is 0 Å². The molecule has 1 aromatic rings. The first kappa shape index (κ1) is 14.9. The minimum absolute atomic E-state index is 0.0176. The van der Waals surface area contributed by atoms with E-state index in [2.05, 4.69) is 0 Å². The van der Waals surface area contributed by atoms with Gasteiger partial charge in [-0.05, 0) is 40.8 Å². The topological polar surface area (TPSA) is 89.5 Å². The largest absolute Gasteiger partial charge is 0.426 e. The summed E-state index contributed by atoms with van der Waals surface area (Å²) < 4.78 is 29.4. The Morgan fingerprint density at radius 1 is 1.33 bits per heavy atom. The molecule has 0 radical (unpaired) electrons. The van der Waals surface area contributed by atoms with Crippen molar-refractivity contribution < 1.29 is 22.7 Å². The lowest BCUT2D eigenvalue weighted by Crippen LogP contribution is -2.29. The fourth-order valence-electron chi connectivity index (χ4n) is 1.15. The molecule has 0 heterocycles. The Kier molecular flexibility index (Phi) is 4.68. The maximum absolute atomic E-state index is 11.7. The average molecular weight is 383 g/mol. The van der Waals surface area contributed by atoms with Gasteiger partial charge < -0.3 is 4.74 Å². The zero-order chi connectivity index (χ0) is 13.9. The first-order valence-electron chi connectivity index (χ1n) is 4.69. The molecule has 0 saturated heterocycles. The number of sulfonamides is 1. The maximum Gasteiger partial charge on any atom is 0.308 e. The van der Waals surface area contributed by atoms with Crippen molar-refractivity contribution in [3.63, 3.8) is 0 Å². The number of nitrogens with one attached hydrogen (secondary N) is 1. The van der Waals surface area contributed by atoms with E-state index >= 15 is 0 Å². The van der Waals surface area contributed by atoms with Crippen molar-refractivity contribution in [1.29, 1.82) is 0 Å². The zero-order valence-corrected chi connectivity index (χ0v) is 12.5. The SMILES string of the molecule is CC(=O)Oc1cc(I)ccc1C(=O)NS(C)(=O)=O. The average Bonchev–Trinajstić information content (AvgIpc) is 2.13. The molecule has 0 aromatic heterocycles. The third kappa shape index (κ3) is 4.61. The van der Waals surface area contributed by atoms with Crippen LogP contribution in [-0.2, 0) is 14.8 Å². The monoisotopic (exact) mass is 383 g/mol. The molecule has 0 atom stereocenters. The van der Waals surface area contributed by atoms with Crippen LogP contribution in [0.25, 0.3) is 0 Å². The van der Waals surface area contributed by atoms with E-state index in [1.807, 2.05) is 27.3 Å². The van der Waals surface area contributed by atoms with Crippen molar-refractivity contribution in [3.05, 3.63) is 27.3 Å². The van der Waals surface area contributed by atoms with Crippen molar-refractivity contribution >= 4 is 44.5 Å². The van der Waals surface area contributed by atoms with Gasteiger partial charge in [0.2, 0.25) is 10.0 Å². The third-order valence-electron chi connectivity index (χ3n) is 1.72. The van der Waals surface area contributed by atoms with Gasteiger partial charge in [0.1, 0.15) is 5.75 Å². The minimum Gasteiger partial charge on any atom is -0.426 e. The number of hydrogen-bond acceptors (Lipinski definition) is 5. The number of benzene rings is 1. The van der Waals surface area contributed by atoms with E-state index in [1.54, 1.807) is 6.07 Å². The van der Waals surface area contributed by atoms with Crippen LogP contribution in [0.3, 0.4) is 0 Å². The molecule has 0 aliphatic heterocycles. The van der Waals surface area contributed by atoms with Crippen LogP contribution in [0.2, 0.25) is 0 Å². The van der Waals surface area contributed by atoms with Crippen LogP contribution in [0, 0.1) is 3.57 Å². The van der Waals surface area contributed by atoms with Crippen LogP contribution in [0.5, 0.6) is 5.75 Å². The molecule has 1 aromatic carbocycles. The number of halogens is 1. The Labute approximate surface area is 118 Å². The first-order chi connectivity index (χ1) is 8.19. The molecular formula is C10H10INO5S. The summed E-state index contributed by atoms with van der Waals surface area (Å²) >= 11 is 1.98. The number of carbonyl (C=O) groups excluding carboxylic acids is 2. The van der Waals surface area contributed by atoms with Gasteiger partial charge in [0, 0.05) is 10.5 Å². The van der Waals surface area contributed by atoms with Crippen LogP contribution < -0.4 is 9.46 Å². The van der Waals surface area contributed by atoms with Crippen LogP contribution in [0.15, 0.2) is 18.2 Å². The predicted octanol–water partition coefficient (Wildman–Crippen LogP) is 0.906. The summed E-state index contributed by atoms with van der Waals surface area (Å²) in [5.74, 6) is -1.41. The van der Waals surface area contributed by atoms with E-state index in [0.29, 0.717) is 0 Å². The highest BCUT2D eigenvalue weighted by atomic mass is 127. The second kappa shape index (κ2) is 5.65. The van der Waals surface area contributed by atoms with Gasteiger partial charge in [0.05, 0.1) is 11.8 Å². The highest BCUT2D eigenvalue weighted by molar-refractivity contribution is 14.1. The van der Waals surface area contributed by atoms with Gasteiger partial charge in [-0.15, -0.1) is 0 Å². The fourth-order valence-corrected chi connectivity index (χ4v) is 2.06. The van der Waals surface area contributed by atoms with Crippen LogP contribution >= 0.6 is 22.6 Å². The molecule has 6 nitrogen and oxygen atoms in total. The highest BCUT2D eigenvalue weighted by Crippen LogP contribution is 2.22. The molecule has 0 fully saturated rings. The van der Waals surface area contributed by atoms with Crippen molar-refractivity contribution in [1.82, 2.24) is 4.72 Å². The Hall–Kier alpha value is -1.16. The van der Waals surface area contributed by atoms with Gasteiger partial charge in [-0.3, -0.25) is 9.59 Å². The number of esters is 1. The molecule has 0 saturated carbocycles. The molecule has 1 rings (SSSR count). The Morgan fingerprint density at radius 3 is 2.44 bits per heavy atom. The van der Waals surface area contributed by atoms with Gasteiger partial charge in [-0.25, -0.2) is 13.1 Å². The maximum atomic E-state index is 11.7. The van der Waals surface area contributed by atoms with Gasteiger partial charge >= 0.3 is 5.97 Å². The van der Waals surface area contributed by atoms with Crippen molar-refractivity contribution in [2.24, 2.45) is 0 Å². The zero-order valence-electron chi connectivity index (χ0n) is 9.56. The second-order valence-corrected chi connectivity index (χ2v) is 6.43. The number of amides is 1. The summed E-state index contributed by atoms with van der Waals surface area (Å²) in [5.41, 5.74) is -0.0176. The minimum atomic E-state index is -3.67. The summed E-state index contributed by atoms with van der Waals surface area (Å²) in [6.07, 6.45) is 0.864. The molecule has 0 aliphatic rings. The van der Waals surface area contributed by atoms with Crippen molar-refractivity contribution in [3.8, 4) is 5.75 Å².